The van der Waals surface area contributed by atoms with Gasteiger partial charge in [0, 0.05) is 31.9 Å². The second-order valence-electron chi connectivity index (χ2n) is 2.91. The van der Waals surface area contributed by atoms with Crippen molar-refractivity contribution in [3.05, 3.63) is 23.3 Å². The molecule has 0 aromatic carbocycles. The van der Waals surface area contributed by atoms with Crippen LogP contribution < -0.4 is 5.32 Å². The predicted molar refractivity (Wildman–Crippen MR) is 58.1 cm³/mol. The second kappa shape index (κ2) is 5.12. The van der Waals surface area contributed by atoms with Crippen molar-refractivity contribution in [2.75, 3.05) is 19.4 Å². The summed E-state index contributed by atoms with van der Waals surface area (Å²) < 4.78 is 0. The Kier molecular flexibility index (Phi) is 3.83. The monoisotopic (exact) mass is 222 g/mol. The molecule has 1 rings (SSSR count). The minimum Gasteiger partial charge on any atom is -0.382 e. The Hall–Kier alpha value is -1.87. The van der Waals surface area contributed by atoms with Gasteiger partial charge in [0.15, 0.2) is 5.13 Å². The maximum atomic E-state index is 11.5. The van der Waals surface area contributed by atoms with Gasteiger partial charge in [0.2, 0.25) is 0 Å². The van der Waals surface area contributed by atoms with Crippen molar-refractivity contribution < 1.29 is 4.79 Å². The first kappa shape index (κ1) is 11.2. The van der Waals surface area contributed by atoms with Gasteiger partial charge in [-0.2, -0.15) is 5.26 Å². The summed E-state index contributed by atoms with van der Waals surface area (Å²) in [5, 5.41) is 13.5. The lowest BCUT2D eigenvalue weighted by atomic mass is 10.3. The summed E-state index contributed by atoms with van der Waals surface area (Å²) in [6, 6.07) is 1.83. The standard InChI is InChI=1S/C9H10N4OS/c1-13(2)6-7(5-10)8(14)12-9-11-3-4-15-9/h3-4,6H,1-2H3,(H,11,12,14). The van der Waals surface area contributed by atoms with Crippen LogP contribution in [0.1, 0.15) is 0 Å². The molecule has 1 aromatic heterocycles. The van der Waals surface area contributed by atoms with Gasteiger partial charge in [0.25, 0.3) is 5.91 Å². The van der Waals surface area contributed by atoms with Gasteiger partial charge in [0.05, 0.1) is 0 Å². The summed E-state index contributed by atoms with van der Waals surface area (Å²) in [5.74, 6) is -0.443. The van der Waals surface area contributed by atoms with E-state index in [9.17, 15) is 4.79 Å². The number of hydrogen-bond donors (Lipinski definition) is 1. The fraction of sp³-hybridized carbons (Fsp3) is 0.222. The number of anilines is 1. The van der Waals surface area contributed by atoms with Crippen LogP contribution in [0.25, 0.3) is 0 Å². The minimum atomic E-state index is -0.443. The van der Waals surface area contributed by atoms with E-state index < -0.39 is 5.91 Å². The summed E-state index contributed by atoms with van der Waals surface area (Å²) in [4.78, 5) is 17.0. The number of amides is 1. The Bertz CT molecular complexity index is 402. The maximum Gasteiger partial charge on any atom is 0.269 e. The molecule has 0 aliphatic heterocycles. The van der Waals surface area contributed by atoms with E-state index in [0.717, 1.165) is 0 Å². The molecule has 0 fully saturated rings. The lowest BCUT2D eigenvalue weighted by Crippen LogP contribution is -2.16. The Labute approximate surface area is 91.7 Å². The summed E-state index contributed by atoms with van der Waals surface area (Å²) in [6.45, 7) is 0. The third-order valence-electron chi connectivity index (χ3n) is 1.41. The van der Waals surface area contributed by atoms with Crippen molar-refractivity contribution in [2.45, 2.75) is 0 Å². The summed E-state index contributed by atoms with van der Waals surface area (Å²) in [7, 11) is 3.49. The Balaban J connectivity index is 2.72. The van der Waals surface area contributed by atoms with Crippen LogP contribution >= 0.6 is 11.3 Å². The normalized spacial score (nSPS) is 10.6. The van der Waals surface area contributed by atoms with Crippen molar-refractivity contribution in [3.63, 3.8) is 0 Å². The van der Waals surface area contributed by atoms with E-state index >= 15 is 0 Å². The van der Waals surface area contributed by atoms with Crippen LogP contribution in [-0.2, 0) is 4.79 Å². The average molecular weight is 222 g/mol. The summed E-state index contributed by atoms with van der Waals surface area (Å²) >= 11 is 1.30. The third kappa shape index (κ3) is 3.40. The molecular formula is C9H10N4OS. The van der Waals surface area contributed by atoms with Gasteiger partial charge in [-0.25, -0.2) is 4.98 Å². The highest BCUT2D eigenvalue weighted by atomic mass is 32.1. The first-order valence-electron chi connectivity index (χ1n) is 4.12. The molecule has 6 heteroatoms. The van der Waals surface area contributed by atoms with Gasteiger partial charge in [-0.05, 0) is 0 Å². The molecule has 0 radical (unpaired) electrons. The van der Waals surface area contributed by atoms with Crippen molar-refractivity contribution in [3.8, 4) is 6.07 Å². The molecule has 1 N–H and O–H groups in total. The molecule has 78 valence electrons. The highest BCUT2D eigenvalue weighted by molar-refractivity contribution is 7.13. The molecule has 0 saturated heterocycles. The molecule has 0 saturated carbocycles. The molecule has 0 unspecified atom stereocenters. The molecule has 0 aliphatic carbocycles. The van der Waals surface area contributed by atoms with Gasteiger partial charge in [-0.3, -0.25) is 10.1 Å². The molecule has 1 aromatic rings. The predicted octanol–water partition coefficient (Wildman–Crippen LogP) is 1.05. The zero-order valence-corrected chi connectivity index (χ0v) is 9.21. The zero-order valence-electron chi connectivity index (χ0n) is 8.39. The molecular weight excluding hydrogens is 212 g/mol. The van der Waals surface area contributed by atoms with Crippen LogP contribution in [0, 0.1) is 11.3 Å². The molecule has 0 atom stereocenters. The van der Waals surface area contributed by atoms with Crippen LogP contribution in [0.15, 0.2) is 23.3 Å². The number of rotatable bonds is 3. The molecule has 5 nitrogen and oxygen atoms in total. The molecule has 0 bridgehead atoms. The molecule has 15 heavy (non-hydrogen) atoms. The van der Waals surface area contributed by atoms with Crippen LogP contribution in [0.4, 0.5) is 5.13 Å². The van der Waals surface area contributed by atoms with Crippen LogP contribution in [0.3, 0.4) is 0 Å². The smallest absolute Gasteiger partial charge is 0.269 e. The van der Waals surface area contributed by atoms with Crippen molar-refractivity contribution >= 4 is 22.4 Å². The fourth-order valence-corrected chi connectivity index (χ4v) is 1.37. The summed E-state index contributed by atoms with van der Waals surface area (Å²) in [5.41, 5.74) is 0.0511. The lowest BCUT2D eigenvalue weighted by molar-refractivity contribution is -0.112. The van der Waals surface area contributed by atoms with E-state index in [-0.39, 0.29) is 5.57 Å². The highest BCUT2D eigenvalue weighted by Gasteiger charge is 2.10. The highest BCUT2D eigenvalue weighted by Crippen LogP contribution is 2.11. The number of carbonyl (C=O) groups is 1. The van der Waals surface area contributed by atoms with E-state index in [2.05, 4.69) is 10.3 Å². The topological polar surface area (TPSA) is 69.0 Å². The number of hydrogen-bond acceptors (Lipinski definition) is 5. The zero-order chi connectivity index (χ0) is 11.3. The second-order valence-corrected chi connectivity index (χ2v) is 3.80. The van der Waals surface area contributed by atoms with Gasteiger partial charge in [-0.15, -0.1) is 11.3 Å². The van der Waals surface area contributed by atoms with E-state index in [1.165, 1.54) is 17.5 Å². The number of nitrogens with zero attached hydrogens (tertiary/aromatic N) is 3. The van der Waals surface area contributed by atoms with Crippen LogP contribution in [0.2, 0.25) is 0 Å². The van der Waals surface area contributed by atoms with Crippen molar-refractivity contribution in [1.29, 1.82) is 5.26 Å². The Morgan fingerprint density at radius 3 is 2.93 bits per heavy atom. The van der Waals surface area contributed by atoms with E-state index in [1.54, 1.807) is 30.6 Å². The number of carbonyl (C=O) groups excluding carboxylic acids is 1. The molecule has 1 amide bonds. The maximum absolute atomic E-state index is 11.5. The fourth-order valence-electron chi connectivity index (χ4n) is 0.846. The van der Waals surface area contributed by atoms with E-state index in [0.29, 0.717) is 5.13 Å². The lowest BCUT2D eigenvalue weighted by Gasteiger charge is -2.05. The molecule has 0 aliphatic rings. The largest absolute Gasteiger partial charge is 0.382 e. The third-order valence-corrected chi connectivity index (χ3v) is 2.09. The van der Waals surface area contributed by atoms with E-state index in [4.69, 9.17) is 5.26 Å². The quantitative estimate of drug-likeness (QED) is 0.613. The van der Waals surface area contributed by atoms with Crippen molar-refractivity contribution in [1.82, 2.24) is 9.88 Å². The van der Waals surface area contributed by atoms with Gasteiger partial charge in [0.1, 0.15) is 11.6 Å². The first-order chi connectivity index (χ1) is 7.13. The number of nitrogens with one attached hydrogen (secondary N) is 1. The minimum absolute atomic E-state index is 0.0511. The SMILES string of the molecule is CN(C)C=C(C#N)C(=O)Nc1nccs1. The molecule has 0 spiro atoms. The van der Waals surface area contributed by atoms with Crippen molar-refractivity contribution in [2.24, 2.45) is 0 Å². The number of thiazole rings is 1. The molecule has 1 heterocycles. The van der Waals surface area contributed by atoms with Crippen LogP contribution in [-0.4, -0.2) is 29.9 Å². The van der Waals surface area contributed by atoms with Gasteiger partial charge >= 0.3 is 0 Å². The van der Waals surface area contributed by atoms with E-state index in [1.807, 2.05) is 6.07 Å². The van der Waals surface area contributed by atoms with Crippen LogP contribution in [0.5, 0.6) is 0 Å². The Morgan fingerprint density at radius 1 is 1.73 bits per heavy atom. The van der Waals surface area contributed by atoms with Gasteiger partial charge < -0.3 is 4.90 Å². The number of aromatic nitrogens is 1. The number of nitriles is 1. The van der Waals surface area contributed by atoms with Gasteiger partial charge in [-0.1, -0.05) is 0 Å². The Morgan fingerprint density at radius 2 is 2.47 bits per heavy atom. The summed E-state index contributed by atoms with van der Waals surface area (Å²) in [6.07, 6.45) is 3.05. The first-order valence-corrected chi connectivity index (χ1v) is 5.00. The average Bonchev–Trinajstić information content (AvgIpc) is 2.66.